The lowest BCUT2D eigenvalue weighted by Gasteiger charge is -2.09. The minimum Gasteiger partial charge on any atom is -0.497 e. The molecular weight excluding hydrogens is 404 g/mol. The van der Waals surface area contributed by atoms with Crippen LogP contribution in [0.2, 0.25) is 0 Å². The number of benzene rings is 1. The number of hydrogen-bond donors (Lipinski definition) is 1. The molecule has 4 rings (SSSR count). The van der Waals surface area contributed by atoms with Crippen molar-refractivity contribution in [1.82, 2.24) is 19.7 Å². The molecule has 1 aromatic carbocycles. The van der Waals surface area contributed by atoms with E-state index in [0.29, 0.717) is 15.3 Å². The van der Waals surface area contributed by atoms with Crippen molar-refractivity contribution in [2.45, 2.75) is 9.50 Å². The highest BCUT2D eigenvalue weighted by molar-refractivity contribution is 8.00. The summed E-state index contributed by atoms with van der Waals surface area (Å²) in [5.74, 6) is 0.479. The molecule has 3 aromatic heterocycles. The Hall–Kier alpha value is -2.69. The Morgan fingerprint density at radius 2 is 2.04 bits per heavy atom. The van der Waals surface area contributed by atoms with Gasteiger partial charge in [-0.1, -0.05) is 6.07 Å². The van der Waals surface area contributed by atoms with Gasteiger partial charge >= 0.3 is 5.97 Å². The predicted molar refractivity (Wildman–Crippen MR) is 104 cm³/mol. The molecule has 1 N–H and O–H groups in total. The number of thiazole rings is 1. The maximum absolute atomic E-state index is 11.1. The Morgan fingerprint density at radius 1 is 1.22 bits per heavy atom. The molecule has 10 heteroatoms. The van der Waals surface area contributed by atoms with Crippen LogP contribution in [0.4, 0.5) is 0 Å². The third-order valence-electron chi connectivity index (χ3n) is 3.58. The van der Waals surface area contributed by atoms with Crippen LogP contribution in [-0.2, 0) is 0 Å². The quantitative estimate of drug-likeness (QED) is 0.501. The van der Waals surface area contributed by atoms with E-state index in [1.807, 2.05) is 46.3 Å². The molecule has 7 nitrogen and oxygen atoms in total. The van der Waals surface area contributed by atoms with Crippen LogP contribution < -0.4 is 4.74 Å². The van der Waals surface area contributed by atoms with Crippen LogP contribution in [0, 0.1) is 0 Å². The number of carbonyl (C=O) groups is 1. The van der Waals surface area contributed by atoms with Gasteiger partial charge in [0.15, 0.2) is 10.2 Å². The van der Waals surface area contributed by atoms with Crippen molar-refractivity contribution in [3.63, 3.8) is 0 Å². The van der Waals surface area contributed by atoms with Crippen LogP contribution in [0.25, 0.3) is 16.4 Å². The Balaban J connectivity index is 1.77. The van der Waals surface area contributed by atoms with Crippen LogP contribution in [-0.4, -0.2) is 37.9 Å². The highest BCUT2D eigenvalue weighted by Gasteiger charge is 2.19. The summed E-state index contributed by atoms with van der Waals surface area (Å²) in [5, 5.41) is 20.3. The maximum atomic E-state index is 11.1. The molecule has 27 heavy (non-hydrogen) atoms. The molecule has 4 aromatic rings. The van der Waals surface area contributed by atoms with E-state index in [4.69, 9.17) is 9.84 Å². The Labute approximate surface area is 166 Å². The number of thiophene rings is 1. The Morgan fingerprint density at radius 3 is 2.67 bits per heavy atom. The molecule has 0 aliphatic heterocycles. The summed E-state index contributed by atoms with van der Waals surface area (Å²) in [6.45, 7) is 0. The van der Waals surface area contributed by atoms with Crippen LogP contribution in [0.3, 0.4) is 0 Å². The summed E-state index contributed by atoms with van der Waals surface area (Å²) in [6, 6.07) is 11.5. The number of ether oxygens (including phenoxy) is 1. The van der Waals surface area contributed by atoms with Gasteiger partial charge in [0, 0.05) is 0 Å². The van der Waals surface area contributed by atoms with Crippen LogP contribution in [0.15, 0.2) is 57.5 Å². The average molecular weight is 417 g/mol. The molecule has 0 fully saturated rings. The van der Waals surface area contributed by atoms with E-state index in [0.717, 1.165) is 27.7 Å². The van der Waals surface area contributed by atoms with E-state index >= 15 is 0 Å². The number of aromatic nitrogens is 4. The first-order valence-electron chi connectivity index (χ1n) is 7.66. The topological polar surface area (TPSA) is 90.1 Å². The molecule has 0 saturated carbocycles. The zero-order valence-corrected chi connectivity index (χ0v) is 16.3. The smallest absolute Gasteiger partial charge is 0.347 e. The van der Waals surface area contributed by atoms with Gasteiger partial charge in [0.1, 0.15) is 10.6 Å². The zero-order valence-electron chi connectivity index (χ0n) is 13.9. The first-order chi connectivity index (χ1) is 13.2. The van der Waals surface area contributed by atoms with Gasteiger partial charge in [0.25, 0.3) is 0 Å². The number of carboxylic acids is 1. The van der Waals surface area contributed by atoms with Crippen molar-refractivity contribution in [3.8, 4) is 22.1 Å². The molecule has 0 amide bonds. The Kier molecular flexibility index (Phi) is 4.92. The van der Waals surface area contributed by atoms with E-state index in [2.05, 4.69) is 15.2 Å². The zero-order chi connectivity index (χ0) is 18.8. The molecule has 0 aliphatic rings. The molecule has 0 spiro atoms. The molecule has 0 saturated heterocycles. The second-order valence-electron chi connectivity index (χ2n) is 5.21. The van der Waals surface area contributed by atoms with Crippen LogP contribution in [0.5, 0.6) is 5.75 Å². The van der Waals surface area contributed by atoms with Crippen molar-refractivity contribution in [2.75, 3.05) is 7.11 Å². The molecule has 0 aliphatic carbocycles. The van der Waals surface area contributed by atoms with Crippen molar-refractivity contribution in [1.29, 1.82) is 0 Å². The lowest BCUT2D eigenvalue weighted by Crippen LogP contribution is -1.98. The van der Waals surface area contributed by atoms with E-state index in [9.17, 15) is 4.79 Å². The largest absolute Gasteiger partial charge is 0.497 e. The fourth-order valence-electron chi connectivity index (χ4n) is 2.35. The van der Waals surface area contributed by atoms with Crippen LogP contribution >= 0.6 is 34.4 Å². The normalized spacial score (nSPS) is 10.9. The van der Waals surface area contributed by atoms with E-state index < -0.39 is 5.97 Å². The first-order valence-corrected chi connectivity index (χ1v) is 10.2. The number of nitrogens with zero attached hydrogens (tertiary/aromatic N) is 4. The molecular formula is C17H12N4O3S3. The fourth-order valence-corrected chi connectivity index (χ4v) is 4.82. The second-order valence-corrected chi connectivity index (χ2v) is 8.41. The van der Waals surface area contributed by atoms with Gasteiger partial charge in [0.2, 0.25) is 5.16 Å². The fraction of sp³-hybridized carbons (Fsp3) is 0.0588. The summed E-state index contributed by atoms with van der Waals surface area (Å²) in [5.41, 5.74) is 0.877. The SMILES string of the molecule is COc1ccc(-n2c(Sc3ncc(C(=O)O)s3)nnc2-c2cccs2)cc1. The van der Waals surface area contributed by atoms with Gasteiger partial charge < -0.3 is 9.84 Å². The van der Waals surface area contributed by atoms with Gasteiger partial charge in [-0.25, -0.2) is 9.78 Å². The number of hydrogen-bond acceptors (Lipinski definition) is 8. The van der Waals surface area contributed by atoms with E-state index in [-0.39, 0.29) is 4.88 Å². The third-order valence-corrected chi connectivity index (χ3v) is 6.45. The van der Waals surface area contributed by atoms with E-state index in [1.165, 1.54) is 18.0 Å². The summed E-state index contributed by atoms with van der Waals surface area (Å²) < 4.78 is 7.75. The lowest BCUT2D eigenvalue weighted by molar-refractivity contribution is 0.0702. The van der Waals surface area contributed by atoms with Gasteiger partial charge in [-0.3, -0.25) is 4.57 Å². The monoisotopic (exact) mass is 416 g/mol. The molecule has 0 atom stereocenters. The molecule has 0 bridgehead atoms. The van der Waals surface area contributed by atoms with Gasteiger partial charge in [-0.15, -0.1) is 32.9 Å². The number of methoxy groups -OCH3 is 1. The van der Waals surface area contributed by atoms with Crippen molar-refractivity contribution in [3.05, 3.63) is 52.9 Å². The standard InChI is InChI=1S/C17H12N4O3S3/c1-24-11-6-4-10(5-7-11)21-14(12-3-2-8-25-12)19-20-16(21)27-17-18-9-13(26-17)15(22)23/h2-9H,1H3,(H,22,23). The summed E-state index contributed by atoms with van der Waals surface area (Å²) in [6.07, 6.45) is 1.35. The minimum absolute atomic E-state index is 0.187. The number of aromatic carboxylic acids is 1. The highest BCUT2D eigenvalue weighted by atomic mass is 32.2. The summed E-state index contributed by atoms with van der Waals surface area (Å²) >= 11 is 3.96. The molecule has 3 heterocycles. The lowest BCUT2D eigenvalue weighted by atomic mass is 10.3. The van der Waals surface area contributed by atoms with Gasteiger partial charge in [0.05, 0.1) is 23.9 Å². The predicted octanol–water partition coefficient (Wildman–Crippen LogP) is 4.31. The molecule has 136 valence electrons. The molecule has 0 radical (unpaired) electrons. The Bertz CT molecular complexity index is 1070. The van der Waals surface area contributed by atoms with Crippen LogP contribution in [0.1, 0.15) is 9.67 Å². The average Bonchev–Trinajstić information content (AvgIpc) is 3.42. The third kappa shape index (κ3) is 3.59. The summed E-state index contributed by atoms with van der Waals surface area (Å²) in [4.78, 5) is 16.4. The van der Waals surface area contributed by atoms with Gasteiger partial charge in [-0.2, -0.15) is 0 Å². The second kappa shape index (κ2) is 7.51. The molecule has 0 unspecified atom stereocenters. The number of rotatable bonds is 6. The summed E-state index contributed by atoms with van der Waals surface area (Å²) in [7, 11) is 1.62. The first kappa shape index (κ1) is 17.7. The van der Waals surface area contributed by atoms with Crippen molar-refractivity contribution < 1.29 is 14.6 Å². The van der Waals surface area contributed by atoms with E-state index in [1.54, 1.807) is 18.4 Å². The van der Waals surface area contributed by atoms with Crippen molar-refractivity contribution in [2.24, 2.45) is 0 Å². The maximum Gasteiger partial charge on any atom is 0.347 e. The minimum atomic E-state index is -0.991. The highest BCUT2D eigenvalue weighted by Crippen LogP contribution is 2.35. The van der Waals surface area contributed by atoms with Gasteiger partial charge in [-0.05, 0) is 47.5 Å². The van der Waals surface area contributed by atoms with Crippen molar-refractivity contribution >= 4 is 40.4 Å². The number of carboxylic acid groups (broad SMARTS) is 1.